The normalized spacial score (nSPS) is 19.9. The van der Waals surface area contributed by atoms with E-state index in [4.69, 9.17) is 28.2 Å². The minimum absolute atomic E-state index is 0.0691. The van der Waals surface area contributed by atoms with Crippen LogP contribution < -0.4 is 0 Å². The minimum Gasteiger partial charge on any atom is -0.308 e. The number of non-ortho nitro benzene ring substituents is 1. The van der Waals surface area contributed by atoms with Gasteiger partial charge in [-0.2, -0.15) is 0 Å². The maximum atomic E-state index is 11.5. The largest absolute Gasteiger partial charge is 0.308 e. The Balaban J connectivity index is 1.48. The van der Waals surface area contributed by atoms with E-state index in [1.165, 1.54) is 17.2 Å². The molecule has 8 heteroatoms. The van der Waals surface area contributed by atoms with Crippen LogP contribution in [0.2, 0.25) is 10.0 Å². The van der Waals surface area contributed by atoms with E-state index in [9.17, 15) is 10.1 Å². The summed E-state index contributed by atoms with van der Waals surface area (Å²) in [7, 11) is 0. The van der Waals surface area contributed by atoms with Gasteiger partial charge in [0.15, 0.2) is 5.17 Å². The predicted molar refractivity (Wildman–Crippen MR) is 152 cm³/mol. The van der Waals surface area contributed by atoms with Gasteiger partial charge in [0, 0.05) is 33.1 Å². The molecule has 0 unspecified atom stereocenters. The van der Waals surface area contributed by atoms with Crippen molar-refractivity contribution in [3.8, 4) is 0 Å². The molecular formula is C29H21Cl2N3O2S. The number of allylic oxidation sites excluding steroid dienone is 1. The Morgan fingerprint density at radius 3 is 2.46 bits per heavy atom. The molecule has 6 rings (SSSR count). The molecule has 0 fully saturated rings. The molecule has 2 heterocycles. The summed E-state index contributed by atoms with van der Waals surface area (Å²) in [5.74, 6) is 0. The zero-order valence-corrected chi connectivity index (χ0v) is 21.9. The number of hydrogen-bond acceptors (Lipinski definition) is 5. The van der Waals surface area contributed by atoms with E-state index in [-0.39, 0.29) is 16.7 Å². The highest BCUT2D eigenvalue weighted by Crippen LogP contribution is 2.51. The summed E-state index contributed by atoms with van der Waals surface area (Å²) in [6.45, 7) is 0. The van der Waals surface area contributed by atoms with E-state index >= 15 is 0 Å². The molecule has 0 aromatic heterocycles. The number of hydrogen-bond donors (Lipinski definition) is 0. The number of halogens is 2. The zero-order valence-electron chi connectivity index (χ0n) is 19.6. The summed E-state index contributed by atoms with van der Waals surface area (Å²) >= 11 is 13.9. The first kappa shape index (κ1) is 24.0. The van der Waals surface area contributed by atoms with Gasteiger partial charge in [0.1, 0.15) is 0 Å². The number of nitro benzene ring substituents is 1. The van der Waals surface area contributed by atoms with Crippen molar-refractivity contribution in [1.29, 1.82) is 0 Å². The van der Waals surface area contributed by atoms with Gasteiger partial charge in [0.25, 0.3) is 5.69 Å². The molecular weight excluding hydrogens is 525 g/mol. The summed E-state index contributed by atoms with van der Waals surface area (Å²) in [5, 5.41) is 15.8. The van der Waals surface area contributed by atoms with Crippen LogP contribution in [0.25, 0.3) is 11.8 Å². The van der Waals surface area contributed by atoms with Gasteiger partial charge < -0.3 is 4.90 Å². The maximum absolute atomic E-state index is 11.5. The van der Waals surface area contributed by atoms with Crippen molar-refractivity contribution in [1.82, 2.24) is 4.90 Å². The fourth-order valence-corrected chi connectivity index (χ4v) is 6.29. The van der Waals surface area contributed by atoms with Crippen LogP contribution in [0.3, 0.4) is 0 Å². The first-order valence-corrected chi connectivity index (χ1v) is 13.6. The smallest absolute Gasteiger partial charge is 0.270 e. The number of nitro groups is 1. The van der Waals surface area contributed by atoms with Crippen LogP contribution in [0, 0.1) is 10.1 Å². The molecule has 37 heavy (non-hydrogen) atoms. The second-order valence-corrected chi connectivity index (χ2v) is 10.8. The van der Waals surface area contributed by atoms with Crippen LogP contribution >= 0.6 is 35.0 Å². The van der Waals surface area contributed by atoms with Crippen molar-refractivity contribution in [2.45, 2.75) is 25.3 Å². The third kappa shape index (κ3) is 4.61. The lowest BCUT2D eigenvalue weighted by Gasteiger charge is -2.40. The second-order valence-electron chi connectivity index (χ2n) is 9.10. The van der Waals surface area contributed by atoms with Crippen molar-refractivity contribution < 1.29 is 4.92 Å². The average molecular weight is 546 g/mol. The predicted octanol–water partition coefficient (Wildman–Crippen LogP) is 8.88. The molecule has 0 amide bonds. The van der Waals surface area contributed by atoms with Crippen LogP contribution in [-0.2, 0) is 0 Å². The molecule has 0 saturated carbocycles. The topological polar surface area (TPSA) is 58.7 Å². The Kier molecular flexibility index (Phi) is 6.41. The lowest BCUT2D eigenvalue weighted by atomic mass is 9.82. The molecule has 0 N–H and O–H groups in total. The number of thioether (sulfide) groups is 1. The van der Waals surface area contributed by atoms with E-state index < -0.39 is 0 Å². The van der Waals surface area contributed by atoms with E-state index in [1.54, 1.807) is 23.9 Å². The first-order chi connectivity index (χ1) is 18.0. The molecule has 0 radical (unpaired) electrons. The van der Waals surface area contributed by atoms with Crippen molar-refractivity contribution in [2.75, 3.05) is 0 Å². The SMILES string of the molecule is O=[N+]([O-])c1cccc(C2=CSC3=NC4=C(CCC/C4=C\c4ccc(Cl)cc4)[C@H](c4ccc(Cl)cc4)N23)c1. The molecule has 3 aromatic carbocycles. The third-order valence-electron chi connectivity index (χ3n) is 6.79. The molecule has 1 atom stereocenters. The highest BCUT2D eigenvalue weighted by molar-refractivity contribution is 8.16. The molecule has 0 saturated heterocycles. The number of rotatable bonds is 4. The number of fused-ring (bicyclic) bond motifs is 1. The molecule has 0 bridgehead atoms. The quantitative estimate of drug-likeness (QED) is 0.242. The molecule has 184 valence electrons. The van der Waals surface area contributed by atoms with Gasteiger partial charge in [-0.1, -0.05) is 71.4 Å². The van der Waals surface area contributed by atoms with Gasteiger partial charge in [0.2, 0.25) is 0 Å². The molecule has 0 spiro atoms. The Bertz CT molecular complexity index is 1530. The standard InChI is InChI=1S/C29H21Cl2N3O2S/c30-22-11-7-18(8-12-22)15-21-4-2-6-25-27(21)32-29-33(28(25)19-9-13-23(31)14-10-19)26(17-37-29)20-3-1-5-24(16-20)34(35)36/h1,3,5,7-17,28H,2,4,6H2/b21-15+/t28-/m0/s1. The van der Waals surface area contributed by atoms with Crippen molar-refractivity contribution in [3.63, 3.8) is 0 Å². The summed E-state index contributed by atoms with van der Waals surface area (Å²) in [4.78, 5) is 18.5. The van der Waals surface area contributed by atoms with Crippen molar-refractivity contribution in [2.24, 2.45) is 4.99 Å². The van der Waals surface area contributed by atoms with Gasteiger partial charge in [-0.3, -0.25) is 10.1 Å². The Hall–Kier alpha value is -3.32. The van der Waals surface area contributed by atoms with Crippen LogP contribution in [0.4, 0.5) is 5.69 Å². The summed E-state index contributed by atoms with van der Waals surface area (Å²) < 4.78 is 0. The van der Waals surface area contributed by atoms with Gasteiger partial charge >= 0.3 is 0 Å². The fourth-order valence-electron chi connectivity index (χ4n) is 5.11. The monoisotopic (exact) mass is 545 g/mol. The van der Waals surface area contributed by atoms with Crippen molar-refractivity contribution in [3.05, 3.63) is 132 Å². The van der Waals surface area contributed by atoms with Crippen molar-refractivity contribution >= 4 is 57.6 Å². The second kappa shape index (κ2) is 9.86. The van der Waals surface area contributed by atoms with Gasteiger partial charge in [0.05, 0.1) is 22.4 Å². The van der Waals surface area contributed by atoms with Gasteiger partial charge in [-0.05, 0) is 71.9 Å². The number of nitrogens with zero attached hydrogens (tertiary/aromatic N) is 3. The van der Waals surface area contributed by atoms with Crippen LogP contribution in [0.1, 0.15) is 42.0 Å². The summed E-state index contributed by atoms with van der Waals surface area (Å²) in [5.41, 5.74) is 7.46. The van der Waals surface area contributed by atoms with Crippen LogP contribution in [0.5, 0.6) is 0 Å². The van der Waals surface area contributed by atoms with Crippen LogP contribution in [-0.4, -0.2) is 15.0 Å². The van der Waals surface area contributed by atoms with Gasteiger partial charge in [-0.25, -0.2) is 4.99 Å². The minimum atomic E-state index is -0.358. The highest BCUT2D eigenvalue weighted by atomic mass is 35.5. The summed E-state index contributed by atoms with van der Waals surface area (Å²) in [6.07, 6.45) is 5.09. The molecule has 5 nitrogen and oxygen atoms in total. The van der Waals surface area contributed by atoms with E-state index in [0.29, 0.717) is 10.0 Å². The maximum Gasteiger partial charge on any atom is 0.270 e. The molecule has 3 aromatic rings. The van der Waals surface area contributed by atoms with E-state index in [2.05, 4.69) is 23.1 Å². The summed E-state index contributed by atoms with van der Waals surface area (Å²) in [6, 6.07) is 22.5. The van der Waals surface area contributed by atoms with E-state index in [0.717, 1.165) is 52.5 Å². The number of benzene rings is 3. The Morgan fingerprint density at radius 2 is 1.73 bits per heavy atom. The third-order valence-corrected chi connectivity index (χ3v) is 8.13. The van der Waals surface area contributed by atoms with Gasteiger partial charge in [-0.15, -0.1) is 0 Å². The molecule has 3 aliphatic rings. The Morgan fingerprint density at radius 1 is 1.00 bits per heavy atom. The average Bonchev–Trinajstić information content (AvgIpc) is 3.33. The lowest BCUT2D eigenvalue weighted by molar-refractivity contribution is -0.384. The lowest BCUT2D eigenvalue weighted by Crippen LogP contribution is -2.34. The zero-order chi connectivity index (χ0) is 25.5. The van der Waals surface area contributed by atoms with E-state index in [1.807, 2.05) is 47.9 Å². The number of aliphatic imine (C=N–C) groups is 1. The molecule has 1 aliphatic carbocycles. The number of amidine groups is 1. The fraction of sp³-hybridized carbons (Fsp3) is 0.138. The Labute approximate surface area is 229 Å². The highest BCUT2D eigenvalue weighted by Gasteiger charge is 2.40. The first-order valence-electron chi connectivity index (χ1n) is 11.9. The molecule has 2 aliphatic heterocycles. The van der Waals surface area contributed by atoms with Crippen LogP contribution in [0.15, 0.2) is 100 Å².